The summed E-state index contributed by atoms with van der Waals surface area (Å²) in [5, 5.41) is 12.5. The monoisotopic (exact) mass is 511 g/mol. The van der Waals surface area contributed by atoms with Crippen molar-refractivity contribution in [3.05, 3.63) is 33.0 Å². The average molecular weight is 512 g/mol. The Morgan fingerprint density at radius 3 is 2.33 bits per heavy atom. The van der Waals surface area contributed by atoms with Crippen LogP contribution in [0, 0.1) is 26.7 Å². The van der Waals surface area contributed by atoms with E-state index in [1.807, 2.05) is 11.3 Å². The second-order valence-electron chi connectivity index (χ2n) is 12.0. The van der Waals surface area contributed by atoms with Crippen LogP contribution in [-0.2, 0) is 4.79 Å². The maximum Gasteiger partial charge on any atom is 0.223 e. The summed E-state index contributed by atoms with van der Waals surface area (Å²) >= 11 is 1.87. The van der Waals surface area contributed by atoms with E-state index in [-0.39, 0.29) is 17.9 Å². The molecule has 1 N–H and O–H groups in total. The standard InChI is InChI=1S/C29H45N5OS/c1-18(2)28-32-31-21(5)34(28)25-16-23-11-12-24(17-25)33(23)14-13-26(27-19(3)15-20(4)36-27)30-29(35)22-9-7-6-8-10-22/h15,18,22-26H,6-14,16-17H2,1-5H3,(H,30,35)/t23-,24-,26-/m0/s1. The highest BCUT2D eigenvalue weighted by Crippen LogP contribution is 2.43. The van der Waals surface area contributed by atoms with Crippen LogP contribution in [0.2, 0.25) is 0 Å². The zero-order chi connectivity index (χ0) is 25.4. The minimum absolute atomic E-state index is 0.128. The first-order chi connectivity index (χ1) is 17.3. The van der Waals surface area contributed by atoms with E-state index in [1.54, 1.807) is 0 Å². The van der Waals surface area contributed by atoms with Crippen molar-refractivity contribution in [2.45, 2.75) is 129 Å². The van der Waals surface area contributed by atoms with Crippen LogP contribution >= 0.6 is 11.3 Å². The molecule has 6 nitrogen and oxygen atoms in total. The fourth-order valence-corrected chi connectivity index (χ4v) is 8.38. The molecule has 198 valence electrons. The van der Waals surface area contributed by atoms with E-state index in [0.717, 1.165) is 37.5 Å². The van der Waals surface area contributed by atoms with Crippen LogP contribution in [0.4, 0.5) is 0 Å². The summed E-state index contributed by atoms with van der Waals surface area (Å²) in [6.45, 7) is 12.0. The Morgan fingerprint density at radius 1 is 1.03 bits per heavy atom. The molecule has 3 fully saturated rings. The van der Waals surface area contributed by atoms with Gasteiger partial charge in [-0.25, -0.2) is 0 Å². The van der Waals surface area contributed by atoms with Gasteiger partial charge in [0.05, 0.1) is 6.04 Å². The van der Waals surface area contributed by atoms with Crippen molar-refractivity contribution in [3.8, 4) is 0 Å². The fourth-order valence-electron chi connectivity index (χ4n) is 7.26. The number of fused-ring (bicyclic) bond motifs is 2. The van der Waals surface area contributed by atoms with E-state index in [9.17, 15) is 4.79 Å². The maximum absolute atomic E-state index is 13.3. The lowest BCUT2D eigenvalue weighted by Gasteiger charge is -2.40. The van der Waals surface area contributed by atoms with Crippen molar-refractivity contribution in [2.24, 2.45) is 5.92 Å². The van der Waals surface area contributed by atoms with E-state index < -0.39 is 0 Å². The number of aromatic nitrogens is 3. The zero-order valence-corrected chi connectivity index (χ0v) is 23.7. The Hall–Kier alpha value is -1.73. The molecule has 5 rings (SSSR count). The van der Waals surface area contributed by atoms with Gasteiger partial charge in [0.25, 0.3) is 0 Å². The van der Waals surface area contributed by atoms with Crippen LogP contribution in [0.5, 0.6) is 0 Å². The number of carbonyl (C=O) groups excluding carboxylic acids is 1. The normalized spacial score (nSPS) is 26.0. The Labute approximate surface area is 221 Å². The van der Waals surface area contributed by atoms with E-state index in [1.165, 1.54) is 60.3 Å². The first kappa shape index (κ1) is 25.9. The Morgan fingerprint density at radius 2 is 1.72 bits per heavy atom. The molecule has 4 heterocycles. The molecule has 2 aromatic heterocycles. The number of amides is 1. The highest BCUT2D eigenvalue weighted by Gasteiger charge is 2.42. The lowest BCUT2D eigenvalue weighted by atomic mass is 9.88. The fraction of sp³-hybridized carbons (Fsp3) is 0.759. The molecule has 1 amide bonds. The molecule has 3 aliphatic rings. The number of nitrogens with zero attached hydrogens (tertiary/aromatic N) is 4. The van der Waals surface area contributed by atoms with Crippen molar-refractivity contribution in [1.82, 2.24) is 25.0 Å². The second-order valence-corrected chi connectivity index (χ2v) is 13.3. The maximum atomic E-state index is 13.3. The molecule has 1 aliphatic carbocycles. The number of hydrogen-bond donors (Lipinski definition) is 1. The summed E-state index contributed by atoms with van der Waals surface area (Å²) in [4.78, 5) is 18.7. The van der Waals surface area contributed by atoms with Crippen LogP contribution in [0.1, 0.15) is 123 Å². The molecule has 0 spiro atoms. The molecule has 1 saturated carbocycles. The van der Waals surface area contributed by atoms with Crippen molar-refractivity contribution >= 4 is 17.2 Å². The van der Waals surface area contributed by atoms with E-state index in [0.29, 0.717) is 24.0 Å². The molecule has 7 heteroatoms. The Balaban J connectivity index is 1.27. The minimum atomic E-state index is 0.128. The quantitative estimate of drug-likeness (QED) is 0.446. The predicted octanol–water partition coefficient (Wildman–Crippen LogP) is 6.38. The number of rotatable bonds is 8. The van der Waals surface area contributed by atoms with Gasteiger partial charge in [0.15, 0.2) is 0 Å². The van der Waals surface area contributed by atoms with Gasteiger partial charge in [0.2, 0.25) is 5.91 Å². The largest absolute Gasteiger partial charge is 0.348 e. The second kappa shape index (κ2) is 10.9. The topological polar surface area (TPSA) is 63.1 Å². The summed E-state index contributed by atoms with van der Waals surface area (Å²) in [5.41, 5.74) is 1.33. The smallest absolute Gasteiger partial charge is 0.223 e. The number of hydrogen-bond acceptors (Lipinski definition) is 5. The molecule has 0 unspecified atom stereocenters. The summed E-state index contributed by atoms with van der Waals surface area (Å²) in [5.74, 6) is 3.09. The van der Waals surface area contributed by atoms with Gasteiger partial charge in [-0.1, -0.05) is 33.1 Å². The van der Waals surface area contributed by atoms with Crippen LogP contribution in [-0.4, -0.2) is 44.2 Å². The van der Waals surface area contributed by atoms with Crippen molar-refractivity contribution in [3.63, 3.8) is 0 Å². The molecule has 2 saturated heterocycles. The SMILES string of the molecule is Cc1cc(C)c([C@H](CCN2[C@H]3CC[C@H]2CC(n2c(C)nnc2C(C)C)C3)NC(=O)C2CCCCC2)s1. The highest BCUT2D eigenvalue weighted by molar-refractivity contribution is 7.12. The summed E-state index contributed by atoms with van der Waals surface area (Å²) in [7, 11) is 0. The van der Waals surface area contributed by atoms with Crippen molar-refractivity contribution < 1.29 is 4.79 Å². The first-order valence-corrected chi connectivity index (χ1v) is 15.2. The third kappa shape index (κ3) is 5.28. The van der Waals surface area contributed by atoms with Crippen molar-refractivity contribution in [2.75, 3.05) is 6.54 Å². The Kier molecular flexibility index (Phi) is 7.87. The minimum Gasteiger partial charge on any atom is -0.348 e. The van der Waals surface area contributed by atoms with E-state index in [2.05, 4.69) is 65.7 Å². The third-order valence-corrected chi connectivity index (χ3v) is 10.3. The van der Waals surface area contributed by atoms with Gasteiger partial charge in [0.1, 0.15) is 11.6 Å². The molecule has 0 aromatic carbocycles. The van der Waals surface area contributed by atoms with Gasteiger partial charge >= 0.3 is 0 Å². The number of carbonyl (C=O) groups is 1. The zero-order valence-electron chi connectivity index (χ0n) is 22.9. The lowest BCUT2D eigenvalue weighted by molar-refractivity contribution is -0.126. The lowest BCUT2D eigenvalue weighted by Crippen LogP contribution is -2.45. The van der Waals surface area contributed by atoms with Crippen LogP contribution in [0.25, 0.3) is 0 Å². The molecule has 0 radical (unpaired) electrons. The molecular weight excluding hydrogens is 466 g/mol. The van der Waals surface area contributed by atoms with Gasteiger partial charge in [-0.05, 0) is 77.3 Å². The first-order valence-electron chi connectivity index (χ1n) is 14.4. The molecule has 2 bridgehead atoms. The van der Waals surface area contributed by atoms with E-state index in [4.69, 9.17) is 0 Å². The molecule has 3 atom stereocenters. The third-order valence-electron chi connectivity index (χ3n) is 9.00. The highest BCUT2D eigenvalue weighted by atomic mass is 32.1. The van der Waals surface area contributed by atoms with Crippen LogP contribution in [0.3, 0.4) is 0 Å². The summed E-state index contributed by atoms with van der Waals surface area (Å²) < 4.78 is 2.44. The summed E-state index contributed by atoms with van der Waals surface area (Å²) in [6.07, 6.45) is 11.7. The van der Waals surface area contributed by atoms with Gasteiger partial charge in [0, 0.05) is 46.3 Å². The number of piperidine rings is 1. The summed E-state index contributed by atoms with van der Waals surface area (Å²) in [6, 6.07) is 4.16. The van der Waals surface area contributed by atoms with Crippen molar-refractivity contribution in [1.29, 1.82) is 0 Å². The molecular formula is C29H45N5OS. The van der Waals surface area contributed by atoms with Gasteiger partial charge in [-0.2, -0.15) is 0 Å². The number of aryl methyl sites for hydroxylation is 3. The van der Waals surface area contributed by atoms with Gasteiger partial charge in [-0.3, -0.25) is 9.69 Å². The molecule has 2 aromatic rings. The average Bonchev–Trinajstić information content (AvgIpc) is 3.48. The van der Waals surface area contributed by atoms with Crippen LogP contribution in [0.15, 0.2) is 6.07 Å². The molecule has 36 heavy (non-hydrogen) atoms. The van der Waals surface area contributed by atoms with Gasteiger partial charge in [-0.15, -0.1) is 21.5 Å². The predicted molar refractivity (Wildman–Crippen MR) is 147 cm³/mol. The molecule has 2 aliphatic heterocycles. The Bertz CT molecular complexity index is 1040. The van der Waals surface area contributed by atoms with E-state index >= 15 is 0 Å². The van der Waals surface area contributed by atoms with Gasteiger partial charge < -0.3 is 9.88 Å². The van der Waals surface area contributed by atoms with Crippen LogP contribution < -0.4 is 5.32 Å². The number of nitrogens with one attached hydrogen (secondary N) is 1. The number of thiophene rings is 1.